The van der Waals surface area contributed by atoms with Crippen LogP contribution in [0.4, 0.5) is 0 Å². The highest BCUT2D eigenvalue weighted by Crippen LogP contribution is 2.35. The quantitative estimate of drug-likeness (QED) is 0.750. The molecular weight excluding hydrogens is 386 g/mol. The summed E-state index contributed by atoms with van der Waals surface area (Å²) in [5.41, 5.74) is 1.30. The van der Waals surface area contributed by atoms with Crippen molar-refractivity contribution in [3.63, 3.8) is 0 Å². The first-order valence-electron chi connectivity index (χ1n) is 6.61. The molecule has 0 aliphatic carbocycles. The Hall–Kier alpha value is -0.100. The zero-order valence-electron chi connectivity index (χ0n) is 12.7. The minimum atomic E-state index is 0.00569. The number of benzene rings is 1. The molecule has 0 heterocycles. The van der Waals surface area contributed by atoms with Crippen molar-refractivity contribution in [1.29, 1.82) is 0 Å². The van der Waals surface area contributed by atoms with Crippen LogP contribution < -0.4 is 10.1 Å². The Morgan fingerprint density at radius 3 is 2.20 bits per heavy atom. The molecule has 0 spiro atoms. The second-order valence-corrected chi connectivity index (χ2v) is 7.58. The molecule has 0 bridgehead atoms. The van der Waals surface area contributed by atoms with Gasteiger partial charge in [0.2, 0.25) is 0 Å². The van der Waals surface area contributed by atoms with E-state index in [0.29, 0.717) is 6.61 Å². The van der Waals surface area contributed by atoms with Crippen molar-refractivity contribution in [1.82, 2.24) is 5.32 Å². The Morgan fingerprint density at radius 1 is 1.20 bits per heavy atom. The second-order valence-electron chi connectivity index (χ2n) is 5.88. The molecule has 0 aliphatic heterocycles. The van der Waals surface area contributed by atoms with E-state index in [1.54, 1.807) is 7.11 Å². The van der Waals surface area contributed by atoms with Crippen LogP contribution in [0.25, 0.3) is 0 Å². The van der Waals surface area contributed by atoms with E-state index in [4.69, 9.17) is 9.47 Å². The fraction of sp³-hybridized carbons (Fsp3) is 0.600. The van der Waals surface area contributed by atoms with Crippen molar-refractivity contribution in [3.05, 3.63) is 26.6 Å². The Kier molecular flexibility index (Phi) is 6.98. The van der Waals surface area contributed by atoms with Crippen LogP contribution in [0.1, 0.15) is 33.3 Å². The molecule has 5 heteroatoms. The monoisotopic (exact) mass is 407 g/mol. The van der Waals surface area contributed by atoms with Crippen LogP contribution in [-0.4, -0.2) is 25.4 Å². The summed E-state index contributed by atoms with van der Waals surface area (Å²) in [7, 11) is 1.67. The maximum Gasteiger partial charge on any atom is 0.148 e. The topological polar surface area (TPSA) is 30.5 Å². The van der Waals surface area contributed by atoms with Crippen LogP contribution in [-0.2, 0) is 11.3 Å². The molecule has 0 saturated carbocycles. The minimum absolute atomic E-state index is 0.00569. The van der Waals surface area contributed by atoms with E-state index in [2.05, 4.69) is 70.1 Å². The van der Waals surface area contributed by atoms with Crippen LogP contribution in [0, 0.1) is 0 Å². The highest BCUT2D eigenvalue weighted by molar-refractivity contribution is 9.11. The third-order valence-electron chi connectivity index (χ3n) is 2.60. The zero-order valence-corrected chi connectivity index (χ0v) is 15.9. The molecule has 1 unspecified atom stereocenters. The Morgan fingerprint density at radius 2 is 1.75 bits per heavy atom. The summed E-state index contributed by atoms with van der Waals surface area (Å²) in [5.74, 6) is 0.814. The van der Waals surface area contributed by atoms with Crippen molar-refractivity contribution in [2.24, 2.45) is 0 Å². The fourth-order valence-corrected chi connectivity index (χ4v) is 3.13. The molecule has 3 nitrogen and oxygen atoms in total. The summed E-state index contributed by atoms with van der Waals surface area (Å²) in [6.45, 7) is 9.82. The van der Waals surface area contributed by atoms with Gasteiger partial charge in [-0.2, -0.15) is 0 Å². The third-order valence-corrected chi connectivity index (χ3v) is 3.78. The molecular formula is C15H23Br2NO2. The van der Waals surface area contributed by atoms with Crippen LogP contribution in [0.5, 0.6) is 5.75 Å². The Balaban J connectivity index is 2.81. The van der Waals surface area contributed by atoms with E-state index in [1.165, 1.54) is 5.56 Å². The van der Waals surface area contributed by atoms with Gasteiger partial charge < -0.3 is 14.8 Å². The van der Waals surface area contributed by atoms with Crippen LogP contribution in [0.15, 0.2) is 21.1 Å². The van der Waals surface area contributed by atoms with Crippen LogP contribution in [0.2, 0.25) is 0 Å². The van der Waals surface area contributed by atoms with E-state index in [-0.39, 0.29) is 11.6 Å². The first kappa shape index (κ1) is 18.0. The Bertz CT molecular complexity index is 421. The maximum atomic E-state index is 5.88. The van der Waals surface area contributed by atoms with Gasteiger partial charge in [-0.3, -0.25) is 0 Å². The first-order chi connectivity index (χ1) is 9.23. The smallest absolute Gasteiger partial charge is 0.148 e. The summed E-state index contributed by atoms with van der Waals surface area (Å²) in [4.78, 5) is 0. The number of hydrogen-bond donors (Lipinski definition) is 1. The number of halogens is 2. The van der Waals surface area contributed by atoms with Gasteiger partial charge in [-0.15, -0.1) is 0 Å². The van der Waals surface area contributed by atoms with E-state index >= 15 is 0 Å². The lowest BCUT2D eigenvalue weighted by Gasteiger charge is -2.21. The molecule has 0 aliphatic rings. The zero-order chi connectivity index (χ0) is 15.3. The van der Waals surface area contributed by atoms with Crippen LogP contribution >= 0.6 is 31.9 Å². The van der Waals surface area contributed by atoms with Gasteiger partial charge in [-0.1, -0.05) is 0 Å². The molecule has 114 valence electrons. The van der Waals surface area contributed by atoms with Crippen molar-refractivity contribution >= 4 is 31.9 Å². The van der Waals surface area contributed by atoms with Gasteiger partial charge >= 0.3 is 0 Å². The number of methoxy groups -OCH3 is 1. The lowest BCUT2D eigenvalue weighted by Crippen LogP contribution is -2.35. The van der Waals surface area contributed by atoms with E-state index in [9.17, 15) is 0 Å². The summed E-state index contributed by atoms with van der Waals surface area (Å²) < 4.78 is 12.9. The van der Waals surface area contributed by atoms with Crippen LogP contribution in [0.3, 0.4) is 0 Å². The van der Waals surface area contributed by atoms with Gasteiger partial charge in [-0.05, 0) is 77.3 Å². The highest BCUT2D eigenvalue weighted by Gasteiger charge is 2.14. The summed E-state index contributed by atoms with van der Waals surface area (Å²) in [6, 6.07) is 4.16. The summed E-state index contributed by atoms with van der Waals surface area (Å²) in [5, 5.41) is 3.47. The predicted molar refractivity (Wildman–Crippen MR) is 90.4 cm³/mol. The average Bonchev–Trinajstić information content (AvgIpc) is 2.31. The summed E-state index contributed by atoms with van der Waals surface area (Å²) in [6.07, 6.45) is 0.00569. The van der Waals surface area contributed by atoms with E-state index < -0.39 is 0 Å². The fourth-order valence-electron chi connectivity index (χ4n) is 1.66. The van der Waals surface area contributed by atoms with Crippen molar-refractivity contribution in [2.75, 3.05) is 13.7 Å². The number of rotatable bonds is 6. The number of hydrogen-bond acceptors (Lipinski definition) is 3. The first-order valence-corrected chi connectivity index (χ1v) is 8.20. The van der Waals surface area contributed by atoms with Gasteiger partial charge in [-0.25, -0.2) is 0 Å². The van der Waals surface area contributed by atoms with Gasteiger partial charge in [0.1, 0.15) is 11.9 Å². The lowest BCUT2D eigenvalue weighted by atomic mass is 10.1. The van der Waals surface area contributed by atoms with E-state index in [0.717, 1.165) is 21.2 Å². The molecule has 1 atom stereocenters. The Labute approximate surface area is 138 Å². The lowest BCUT2D eigenvalue weighted by molar-refractivity contribution is 0.0910. The minimum Gasteiger partial charge on any atom is -0.486 e. The van der Waals surface area contributed by atoms with Crippen molar-refractivity contribution in [3.8, 4) is 5.75 Å². The van der Waals surface area contributed by atoms with E-state index in [1.807, 2.05) is 6.92 Å². The molecule has 0 saturated heterocycles. The average molecular weight is 409 g/mol. The molecule has 1 aromatic carbocycles. The number of nitrogens with one attached hydrogen (secondary N) is 1. The SMILES string of the molecule is COCC(C)Oc1c(Br)cc(CNC(C)(C)C)cc1Br. The number of ether oxygens (including phenoxy) is 2. The van der Waals surface area contributed by atoms with Gasteiger partial charge in [0.15, 0.2) is 0 Å². The molecule has 20 heavy (non-hydrogen) atoms. The molecule has 0 amide bonds. The largest absolute Gasteiger partial charge is 0.486 e. The van der Waals surface area contributed by atoms with Gasteiger partial charge in [0.05, 0.1) is 15.6 Å². The van der Waals surface area contributed by atoms with Gasteiger partial charge in [0, 0.05) is 19.2 Å². The molecule has 0 aromatic heterocycles. The molecule has 1 N–H and O–H groups in total. The van der Waals surface area contributed by atoms with Crippen molar-refractivity contribution < 1.29 is 9.47 Å². The predicted octanol–water partition coefficient (Wildman–Crippen LogP) is 4.51. The standard InChI is InChI=1S/C15H23Br2NO2/c1-10(9-19-5)20-14-12(16)6-11(7-13(14)17)8-18-15(2,3)4/h6-7,10,18H,8-9H2,1-5H3. The molecule has 1 aromatic rings. The van der Waals surface area contributed by atoms with Gasteiger partial charge in [0.25, 0.3) is 0 Å². The third kappa shape index (κ3) is 6.12. The molecule has 1 rings (SSSR count). The summed E-state index contributed by atoms with van der Waals surface area (Å²) >= 11 is 7.15. The molecule has 0 radical (unpaired) electrons. The highest BCUT2D eigenvalue weighted by atomic mass is 79.9. The normalized spacial score (nSPS) is 13.3. The molecule has 0 fully saturated rings. The second kappa shape index (κ2) is 7.78. The van der Waals surface area contributed by atoms with Crippen molar-refractivity contribution in [2.45, 2.75) is 45.9 Å². The maximum absolute atomic E-state index is 5.88.